The van der Waals surface area contributed by atoms with Gasteiger partial charge in [0.05, 0.1) is 12.2 Å². The molecule has 0 saturated heterocycles. The van der Waals surface area contributed by atoms with Crippen LogP contribution in [0.15, 0.2) is 42.5 Å². The number of rotatable bonds is 5. The molecule has 0 fully saturated rings. The summed E-state index contributed by atoms with van der Waals surface area (Å²) in [4.78, 5) is 13.6. The van der Waals surface area contributed by atoms with Gasteiger partial charge in [0.1, 0.15) is 11.6 Å². The number of nitrogens with zero attached hydrogens (tertiary/aromatic N) is 1. The van der Waals surface area contributed by atoms with E-state index in [1.807, 2.05) is 0 Å². The number of amides is 1. The van der Waals surface area contributed by atoms with Crippen LogP contribution in [-0.2, 0) is 0 Å². The van der Waals surface area contributed by atoms with Crippen LogP contribution >= 0.6 is 0 Å². The highest BCUT2D eigenvalue weighted by Crippen LogP contribution is 2.23. The van der Waals surface area contributed by atoms with E-state index in [9.17, 15) is 13.6 Å². The van der Waals surface area contributed by atoms with Gasteiger partial charge in [-0.1, -0.05) is 18.2 Å². The first-order valence-corrected chi connectivity index (χ1v) is 7.02. The molecule has 116 valence electrons. The highest BCUT2D eigenvalue weighted by atomic mass is 19.1. The van der Waals surface area contributed by atoms with Crippen molar-refractivity contribution in [3.63, 3.8) is 0 Å². The molecule has 0 aliphatic rings. The molecule has 2 aromatic carbocycles. The largest absolute Gasteiger partial charge is 0.395 e. The second-order valence-electron chi connectivity index (χ2n) is 4.81. The highest BCUT2D eigenvalue weighted by molar-refractivity contribution is 5.95. The fraction of sp³-hybridized carbons (Fsp3) is 0.235. The summed E-state index contributed by atoms with van der Waals surface area (Å²) < 4.78 is 27.1. The van der Waals surface area contributed by atoms with Crippen LogP contribution in [0.2, 0.25) is 0 Å². The summed E-state index contributed by atoms with van der Waals surface area (Å²) in [7, 11) is 0. The Kier molecular flexibility index (Phi) is 5.22. The number of hydrogen-bond donors (Lipinski definition) is 1. The summed E-state index contributed by atoms with van der Waals surface area (Å²) in [5.74, 6) is -1.46. The molecule has 2 aromatic rings. The number of carbonyl (C=O) groups excluding carboxylic acids is 1. The molecule has 3 nitrogen and oxygen atoms in total. The maximum atomic E-state index is 14.2. The van der Waals surface area contributed by atoms with E-state index in [2.05, 4.69) is 0 Å². The van der Waals surface area contributed by atoms with Gasteiger partial charge in [0, 0.05) is 13.1 Å². The summed E-state index contributed by atoms with van der Waals surface area (Å²) in [6, 6.07) is 9.99. The van der Waals surface area contributed by atoms with Crippen molar-refractivity contribution < 1.29 is 18.7 Å². The van der Waals surface area contributed by atoms with Gasteiger partial charge in [-0.25, -0.2) is 8.78 Å². The van der Waals surface area contributed by atoms with Crippen molar-refractivity contribution >= 4 is 5.91 Å². The van der Waals surface area contributed by atoms with Crippen molar-refractivity contribution in [2.24, 2.45) is 0 Å². The van der Waals surface area contributed by atoms with Crippen LogP contribution in [0, 0.1) is 11.6 Å². The van der Waals surface area contributed by atoms with Gasteiger partial charge < -0.3 is 10.0 Å². The molecular weight excluding hydrogens is 288 g/mol. The van der Waals surface area contributed by atoms with Crippen LogP contribution in [0.1, 0.15) is 17.3 Å². The third-order valence-electron chi connectivity index (χ3n) is 3.42. The van der Waals surface area contributed by atoms with Gasteiger partial charge in [0.15, 0.2) is 0 Å². The molecule has 0 spiro atoms. The molecule has 0 unspecified atom stereocenters. The minimum Gasteiger partial charge on any atom is -0.395 e. The molecule has 5 heteroatoms. The summed E-state index contributed by atoms with van der Waals surface area (Å²) in [5.41, 5.74) is 1.20. The Bertz CT molecular complexity index is 656. The van der Waals surface area contributed by atoms with Crippen molar-refractivity contribution in [2.45, 2.75) is 6.92 Å². The van der Waals surface area contributed by atoms with E-state index < -0.39 is 11.7 Å². The Morgan fingerprint density at radius 3 is 2.27 bits per heavy atom. The third kappa shape index (κ3) is 3.49. The summed E-state index contributed by atoms with van der Waals surface area (Å²) in [5, 5.41) is 8.93. The zero-order valence-electron chi connectivity index (χ0n) is 12.2. The third-order valence-corrected chi connectivity index (χ3v) is 3.42. The summed E-state index contributed by atoms with van der Waals surface area (Å²) in [6.07, 6.45) is 0. The molecule has 0 radical (unpaired) electrons. The van der Waals surface area contributed by atoms with Gasteiger partial charge in [-0.05, 0) is 42.3 Å². The maximum Gasteiger partial charge on any atom is 0.256 e. The highest BCUT2D eigenvalue weighted by Gasteiger charge is 2.18. The topological polar surface area (TPSA) is 40.5 Å². The first-order chi connectivity index (χ1) is 10.6. The van der Waals surface area contributed by atoms with Crippen LogP contribution in [0.4, 0.5) is 8.78 Å². The average Bonchev–Trinajstić information content (AvgIpc) is 2.52. The van der Waals surface area contributed by atoms with E-state index in [1.165, 1.54) is 29.2 Å². The Hall–Kier alpha value is -2.27. The van der Waals surface area contributed by atoms with Crippen molar-refractivity contribution in [1.29, 1.82) is 0 Å². The number of hydrogen-bond acceptors (Lipinski definition) is 2. The molecule has 22 heavy (non-hydrogen) atoms. The Balaban J connectivity index is 2.29. The number of benzene rings is 2. The van der Waals surface area contributed by atoms with Gasteiger partial charge in [-0.3, -0.25) is 4.79 Å². The fourth-order valence-electron chi connectivity index (χ4n) is 2.20. The molecule has 0 saturated carbocycles. The van der Waals surface area contributed by atoms with Crippen molar-refractivity contribution in [3.8, 4) is 11.1 Å². The molecule has 0 atom stereocenters. The lowest BCUT2D eigenvalue weighted by Crippen LogP contribution is -2.33. The van der Waals surface area contributed by atoms with Crippen LogP contribution in [-0.4, -0.2) is 35.6 Å². The zero-order valence-corrected chi connectivity index (χ0v) is 12.2. The number of halogens is 2. The minimum atomic E-state index is -0.636. The van der Waals surface area contributed by atoms with E-state index in [1.54, 1.807) is 25.1 Å². The lowest BCUT2D eigenvalue weighted by Gasteiger charge is -2.20. The molecule has 1 N–H and O–H groups in total. The predicted molar refractivity (Wildman–Crippen MR) is 80.5 cm³/mol. The molecule has 0 aromatic heterocycles. The van der Waals surface area contributed by atoms with Crippen LogP contribution in [0.25, 0.3) is 11.1 Å². The van der Waals surface area contributed by atoms with Crippen LogP contribution in [0.5, 0.6) is 0 Å². The van der Waals surface area contributed by atoms with E-state index in [-0.39, 0.29) is 24.5 Å². The van der Waals surface area contributed by atoms with Crippen molar-refractivity contribution in [2.75, 3.05) is 19.7 Å². The minimum absolute atomic E-state index is 0.0406. The smallest absolute Gasteiger partial charge is 0.256 e. The van der Waals surface area contributed by atoms with Gasteiger partial charge in [-0.15, -0.1) is 0 Å². The first-order valence-electron chi connectivity index (χ1n) is 7.02. The molecule has 1 amide bonds. The molecule has 2 rings (SSSR count). The zero-order chi connectivity index (χ0) is 16.1. The quantitative estimate of drug-likeness (QED) is 0.922. The number of aliphatic hydroxyl groups excluding tert-OH is 1. The summed E-state index contributed by atoms with van der Waals surface area (Å²) in [6.45, 7) is 2.14. The Morgan fingerprint density at radius 2 is 1.73 bits per heavy atom. The van der Waals surface area contributed by atoms with E-state index >= 15 is 0 Å². The van der Waals surface area contributed by atoms with Crippen LogP contribution < -0.4 is 0 Å². The monoisotopic (exact) mass is 305 g/mol. The van der Waals surface area contributed by atoms with Crippen molar-refractivity contribution in [1.82, 2.24) is 4.90 Å². The lowest BCUT2D eigenvalue weighted by molar-refractivity contribution is 0.0727. The standard InChI is InChI=1S/C17H17F2NO2/c1-2-20(9-10-21)17(22)15-8-5-13(11-16(15)19)12-3-6-14(18)7-4-12/h3-8,11,21H,2,9-10H2,1H3. The predicted octanol–water partition coefficient (Wildman–Crippen LogP) is 3.09. The average molecular weight is 305 g/mol. The van der Waals surface area contributed by atoms with Gasteiger partial charge in [0.25, 0.3) is 5.91 Å². The van der Waals surface area contributed by atoms with Gasteiger partial charge in [-0.2, -0.15) is 0 Å². The first kappa shape index (κ1) is 16.1. The Labute approximate surface area is 127 Å². The SMILES string of the molecule is CCN(CCO)C(=O)c1ccc(-c2ccc(F)cc2)cc1F. The Morgan fingerprint density at radius 1 is 1.09 bits per heavy atom. The van der Waals surface area contributed by atoms with Crippen molar-refractivity contribution in [3.05, 3.63) is 59.7 Å². The van der Waals surface area contributed by atoms with E-state index in [0.717, 1.165) is 0 Å². The second kappa shape index (κ2) is 7.13. The summed E-state index contributed by atoms with van der Waals surface area (Å²) >= 11 is 0. The number of likely N-dealkylation sites (N-methyl/N-ethyl adjacent to an activating group) is 1. The van der Waals surface area contributed by atoms with E-state index in [4.69, 9.17) is 5.11 Å². The second-order valence-corrected chi connectivity index (χ2v) is 4.81. The number of aliphatic hydroxyl groups is 1. The number of carbonyl (C=O) groups is 1. The molecule has 0 aliphatic heterocycles. The lowest BCUT2D eigenvalue weighted by atomic mass is 10.0. The van der Waals surface area contributed by atoms with E-state index in [0.29, 0.717) is 17.7 Å². The normalized spacial score (nSPS) is 10.5. The molecule has 0 bridgehead atoms. The fourth-order valence-corrected chi connectivity index (χ4v) is 2.20. The van der Waals surface area contributed by atoms with Crippen LogP contribution in [0.3, 0.4) is 0 Å². The maximum absolute atomic E-state index is 14.2. The van der Waals surface area contributed by atoms with Gasteiger partial charge in [0.2, 0.25) is 0 Å². The van der Waals surface area contributed by atoms with Gasteiger partial charge >= 0.3 is 0 Å². The molecular formula is C17H17F2NO2. The molecule has 0 aliphatic carbocycles. The molecule has 0 heterocycles.